The Morgan fingerprint density at radius 1 is 0.950 bits per heavy atom. The largest absolute Gasteiger partial charge is 0.461 e. The van der Waals surface area contributed by atoms with Crippen LogP contribution in [0.4, 0.5) is 0 Å². The third-order valence-electron chi connectivity index (χ3n) is 5.79. The molecule has 1 aliphatic rings. The number of hydrogen-bond acceptors (Lipinski definition) is 3. The predicted molar refractivity (Wildman–Crippen MR) is 80.2 cm³/mol. The van der Waals surface area contributed by atoms with Crippen LogP contribution in [0.25, 0.3) is 0 Å². The van der Waals surface area contributed by atoms with Crippen molar-refractivity contribution in [3.05, 3.63) is 0 Å². The molecule has 2 atom stereocenters. The molecule has 1 rings (SSSR count). The summed E-state index contributed by atoms with van der Waals surface area (Å²) in [6, 6.07) is 0. The first-order valence-corrected chi connectivity index (χ1v) is 7.59. The van der Waals surface area contributed by atoms with Crippen LogP contribution in [0.2, 0.25) is 0 Å². The molecule has 3 nitrogen and oxygen atoms in total. The topological polar surface area (TPSA) is 43.4 Å². The molecule has 0 aromatic heterocycles. The maximum absolute atomic E-state index is 11.6. The third-order valence-corrected chi connectivity index (χ3v) is 5.79. The number of hydrogen-bond donors (Lipinski definition) is 0. The molecule has 0 aromatic carbocycles. The molecule has 1 aliphatic carbocycles. The summed E-state index contributed by atoms with van der Waals surface area (Å²) >= 11 is 0. The number of carbonyl (C=O) groups is 2. The highest BCUT2D eigenvalue weighted by Crippen LogP contribution is 2.57. The molecule has 0 heterocycles. The summed E-state index contributed by atoms with van der Waals surface area (Å²) in [6.45, 7) is 16.2. The Labute approximate surface area is 123 Å². The van der Waals surface area contributed by atoms with Gasteiger partial charge in [-0.2, -0.15) is 0 Å². The minimum absolute atomic E-state index is 0.124. The normalized spacial score (nSPS) is 35.4. The van der Waals surface area contributed by atoms with Crippen molar-refractivity contribution in [3.8, 4) is 0 Å². The van der Waals surface area contributed by atoms with E-state index in [0.29, 0.717) is 24.2 Å². The molecule has 0 saturated heterocycles. The summed E-state index contributed by atoms with van der Waals surface area (Å²) < 4.78 is 5.69. The lowest BCUT2D eigenvalue weighted by molar-refractivity contribution is -0.196. The van der Waals surface area contributed by atoms with Crippen molar-refractivity contribution in [2.75, 3.05) is 0 Å². The highest BCUT2D eigenvalue weighted by Gasteiger charge is 2.57. The van der Waals surface area contributed by atoms with Crippen LogP contribution in [0.15, 0.2) is 0 Å². The van der Waals surface area contributed by atoms with Gasteiger partial charge in [-0.15, -0.1) is 0 Å². The molecule has 3 heteroatoms. The number of ketones is 1. The first-order chi connectivity index (χ1) is 8.92. The monoisotopic (exact) mass is 282 g/mol. The molecule has 0 bridgehead atoms. The zero-order valence-electron chi connectivity index (χ0n) is 14.2. The van der Waals surface area contributed by atoms with Crippen LogP contribution in [0.5, 0.6) is 0 Å². The van der Waals surface area contributed by atoms with E-state index in [2.05, 4.69) is 41.5 Å². The Balaban J connectivity index is 3.20. The molecule has 2 unspecified atom stereocenters. The molecule has 0 aliphatic heterocycles. The van der Waals surface area contributed by atoms with E-state index in [1.165, 1.54) is 6.92 Å². The maximum Gasteiger partial charge on any atom is 0.302 e. The Bertz CT molecular complexity index is 373. The molecule has 0 N–H and O–H groups in total. The van der Waals surface area contributed by atoms with Crippen molar-refractivity contribution < 1.29 is 14.3 Å². The van der Waals surface area contributed by atoms with E-state index in [0.717, 1.165) is 0 Å². The van der Waals surface area contributed by atoms with Crippen LogP contribution in [-0.2, 0) is 14.3 Å². The average molecular weight is 282 g/mol. The van der Waals surface area contributed by atoms with E-state index in [1.54, 1.807) is 6.92 Å². The van der Waals surface area contributed by atoms with Crippen LogP contribution in [0.3, 0.4) is 0 Å². The maximum atomic E-state index is 11.6. The van der Waals surface area contributed by atoms with Crippen LogP contribution >= 0.6 is 0 Å². The van der Waals surface area contributed by atoms with E-state index in [9.17, 15) is 9.59 Å². The van der Waals surface area contributed by atoms with Gasteiger partial charge in [-0.25, -0.2) is 0 Å². The fraction of sp³-hybridized carbons (Fsp3) is 0.882. The summed E-state index contributed by atoms with van der Waals surface area (Å²) in [4.78, 5) is 23.1. The quantitative estimate of drug-likeness (QED) is 0.738. The number of rotatable bonds is 3. The lowest BCUT2D eigenvalue weighted by Crippen LogP contribution is -2.58. The third kappa shape index (κ3) is 2.91. The SMILES string of the molecule is CC(=O)CC1C(C)C(C)(C)C(OC(C)=O)C(C)(C)C1C. The summed E-state index contributed by atoms with van der Waals surface area (Å²) in [5, 5.41) is 0. The van der Waals surface area contributed by atoms with Crippen molar-refractivity contribution in [3.63, 3.8) is 0 Å². The molecule has 1 saturated carbocycles. The second-order valence-corrected chi connectivity index (χ2v) is 7.78. The standard InChI is InChI=1S/C17H30O3/c1-10(18)9-14-11(2)16(5,6)15(20-13(4)19)17(7,8)12(14)3/h11-12,14-15H,9H2,1-8H3. The first kappa shape index (κ1) is 17.2. The zero-order chi connectivity index (χ0) is 15.9. The lowest BCUT2D eigenvalue weighted by Gasteiger charge is -2.58. The molecule has 0 aromatic rings. The Morgan fingerprint density at radius 3 is 1.65 bits per heavy atom. The molecule has 1 fully saturated rings. The first-order valence-electron chi connectivity index (χ1n) is 7.59. The zero-order valence-corrected chi connectivity index (χ0v) is 14.2. The lowest BCUT2D eigenvalue weighted by atomic mass is 9.49. The minimum atomic E-state index is -0.222. The van der Waals surface area contributed by atoms with Gasteiger partial charge in [-0.1, -0.05) is 41.5 Å². The summed E-state index contributed by atoms with van der Waals surface area (Å²) in [6.07, 6.45) is 0.489. The molecule has 0 radical (unpaired) electrons. The number of ether oxygens (including phenoxy) is 1. The van der Waals surface area contributed by atoms with E-state index in [1.807, 2.05) is 0 Å². The van der Waals surface area contributed by atoms with Crippen molar-refractivity contribution in [1.82, 2.24) is 0 Å². The van der Waals surface area contributed by atoms with Gasteiger partial charge in [0.2, 0.25) is 0 Å². The highest BCUT2D eigenvalue weighted by molar-refractivity contribution is 5.75. The van der Waals surface area contributed by atoms with Crippen LogP contribution in [0.1, 0.15) is 61.8 Å². The molecular weight excluding hydrogens is 252 g/mol. The Hall–Kier alpha value is -0.860. The van der Waals surface area contributed by atoms with Gasteiger partial charge in [-0.3, -0.25) is 4.79 Å². The van der Waals surface area contributed by atoms with Crippen LogP contribution in [0, 0.1) is 28.6 Å². The number of Topliss-reactive ketones (excluding diaryl/α,β-unsaturated/α-hetero) is 1. The van der Waals surface area contributed by atoms with Gasteiger partial charge in [0.25, 0.3) is 0 Å². The second-order valence-electron chi connectivity index (χ2n) is 7.78. The summed E-state index contributed by atoms with van der Waals surface area (Å²) in [7, 11) is 0. The minimum Gasteiger partial charge on any atom is -0.461 e. The highest BCUT2D eigenvalue weighted by atomic mass is 16.5. The van der Waals surface area contributed by atoms with Gasteiger partial charge in [0.15, 0.2) is 0 Å². The fourth-order valence-corrected chi connectivity index (χ4v) is 4.13. The number of esters is 1. The van der Waals surface area contributed by atoms with E-state index < -0.39 is 0 Å². The van der Waals surface area contributed by atoms with Gasteiger partial charge >= 0.3 is 5.97 Å². The summed E-state index contributed by atoms with van der Waals surface area (Å²) in [5.41, 5.74) is -0.274. The van der Waals surface area contributed by atoms with Gasteiger partial charge < -0.3 is 9.53 Å². The molecule has 0 spiro atoms. The van der Waals surface area contributed by atoms with Gasteiger partial charge in [0, 0.05) is 24.2 Å². The second kappa shape index (κ2) is 5.50. The van der Waals surface area contributed by atoms with Crippen molar-refractivity contribution >= 4 is 11.8 Å². The predicted octanol–water partition coefficient (Wildman–Crippen LogP) is 3.85. The average Bonchev–Trinajstić information content (AvgIpc) is 2.29. The Morgan fingerprint density at radius 2 is 1.35 bits per heavy atom. The van der Waals surface area contributed by atoms with Crippen molar-refractivity contribution in [2.45, 2.75) is 67.9 Å². The van der Waals surface area contributed by atoms with E-state index >= 15 is 0 Å². The van der Waals surface area contributed by atoms with E-state index in [-0.39, 0.29) is 28.7 Å². The molecule has 116 valence electrons. The summed E-state index contributed by atoms with van der Waals surface area (Å²) in [5.74, 6) is 1.02. The number of carbonyl (C=O) groups excluding carboxylic acids is 2. The van der Waals surface area contributed by atoms with Crippen LogP contribution < -0.4 is 0 Å². The van der Waals surface area contributed by atoms with E-state index in [4.69, 9.17) is 4.74 Å². The smallest absolute Gasteiger partial charge is 0.302 e. The van der Waals surface area contributed by atoms with Crippen molar-refractivity contribution in [1.29, 1.82) is 0 Å². The fourth-order valence-electron chi connectivity index (χ4n) is 4.13. The molecule has 0 amide bonds. The van der Waals surface area contributed by atoms with Gasteiger partial charge in [0.1, 0.15) is 11.9 Å². The van der Waals surface area contributed by atoms with Crippen LogP contribution in [-0.4, -0.2) is 17.9 Å². The molecular formula is C17H30O3. The van der Waals surface area contributed by atoms with Gasteiger partial charge in [-0.05, 0) is 24.7 Å². The van der Waals surface area contributed by atoms with Gasteiger partial charge in [0.05, 0.1) is 0 Å². The molecule has 20 heavy (non-hydrogen) atoms. The Kier molecular flexibility index (Phi) is 4.72. The van der Waals surface area contributed by atoms with Crippen molar-refractivity contribution in [2.24, 2.45) is 28.6 Å².